The molecule has 1 fully saturated rings. The summed E-state index contributed by atoms with van der Waals surface area (Å²) in [7, 11) is 0. The molecule has 0 saturated carbocycles. The highest BCUT2D eigenvalue weighted by Gasteiger charge is 2.18. The normalized spacial score (nSPS) is 19.1. The standard InChI is InChI=1S/C11H24N2O3/c12-3-8-16-11-1-4-13(5-2-11)6-9-15-10-7-14/h11,14H,1-10,12H2. The number of ether oxygens (including phenoxy) is 2. The van der Waals surface area contributed by atoms with Gasteiger partial charge in [0.05, 0.1) is 32.5 Å². The molecule has 1 rings (SSSR count). The molecular formula is C11H24N2O3. The van der Waals surface area contributed by atoms with Gasteiger partial charge in [0.1, 0.15) is 0 Å². The van der Waals surface area contributed by atoms with E-state index in [1.165, 1.54) is 0 Å². The van der Waals surface area contributed by atoms with Crippen LogP contribution >= 0.6 is 0 Å². The van der Waals surface area contributed by atoms with Crippen LogP contribution in [0.4, 0.5) is 0 Å². The highest BCUT2D eigenvalue weighted by Crippen LogP contribution is 2.12. The van der Waals surface area contributed by atoms with Crippen LogP contribution in [0.2, 0.25) is 0 Å². The maximum atomic E-state index is 8.56. The molecule has 16 heavy (non-hydrogen) atoms. The maximum absolute atomic E-state index is 8.56. The molecule has 5 heteroatoms. The van der Waals surface area contributed by atoms with E-state index in [0.29, 0.717) is 32.5 Å². The fraction of sp³-hybridized carbons (Fsp3) is 1.00. The summed E-state index contributed by atoms with van der Waals surface area (Å²) < 4.78 is 10.8. The lowest BCUT2D eigenvalue weighted by molar-refractivity contribution is 0.00270. The van der Waals surface area contributed by atoms with Gasteiger partial charge >= 0.3 is 0 Å². The summed E-state index contributed by atoms with van der Waals surface area (Å²) >= 11 is 0. The molecule has 0 aromatic heterocycles. The predicted octanol–water partition coefficient (Wildman–Crippen LogP) is -0.565. The lowest BCUT2D eigenvalue weighted by atomic mass is 10.1. The second-order valence-electron chi connectivity index (χ2n) is 4.04. The molecule has 1 saturated heterocycles. The fourth-order valence-corrected chi connectivity index (χ4v) is 1.89. The van der Waals surface area contributed by atoms with Gasteiger partial charge in [-0.25, -0.2) is 0 Å². The summed E-state index contributed by atoms with van der Waals surface area (Å²) in [4.78, 5) is 2.37. The van der Waals surface area contributed by atoms with E-state index in [1.807, 2.05) is 0 Å². The Balaban J connectivity index is 1.98. The Hall–Kier alpha value is -0.200. The summed E-state index contributed by atoms with van der Waals surface area (Å²) in [6.07, 6.45) is 2.55. The van der Waals surface area contributed by atoms with Crippen molar-refractivity contribution in [2.75, 3.05) is 52.6 Å². The maximum Gasteiger partial charge on any atom is 0.0698 e. The number of likely N-dealkylation sites (tertiary alicyclic amines) is 1. The van der Waals surface area contributed by atoms with Gasteiger partial charge in [-0.05, 0) is 12.8 Å². The van der Waals surface area contributed by atoms with Crippen molar-refractivity contribution in [3.8, 4) is 0 Å². The van der Waals surface area contributed by atoms with Gasteiger partial charge < -0.3 is 25.2 Å². The SMILES string of the molecule is NCCOC1CCN(CCOCCO)CC1. The van der Waals surface area contributed by atoms with Crippen molar-refractivity contribution in [3.63, 3.8) is 0 Å². The first-order chi connectivity index (χ1) is 7.86. The third-order valence-corrected chi connectivity index (χ3v) is 2.79. The minimum Gasteiger partial charge on any atom is -0.394 e. The largest absolute Gasteiger partial charge is 0.394 e. The van der Waals surface area contributed by atoms with E-state index in [2.05, 4.69) is 4.90 Å². The van der Waals surface area contributed by atoms with Crippen LogP contribution in [0.1, 0.15) is 12.8 Å². The number of aliphatic hydroxyl groups is 1. The van der Waals surface area contributed by atoms with Crippen molar-refractivity contribution >= 4 is 0 Å². The Labute approximate surface area is 97.5 Å². The van der Waals surface area contributed by atoms with E-state index < -0.39 is 0 Å². The van der Waals surface area contributed by atoms with Gasteiger partial charge in [-0.2, -0.15) is 0 Å². The van der Waals surface area contributed by atoms with Crippen LogP contribution in [-0.4, -0.2) is 68.7 Å². The summed E-state index contributed by atoms with van der Waals surface area (Å²) in [5, 5.41) is 8.56. The first-order valence-electron chi connectivity index (χ1n) is 6.09. The van der Waals surface area contributed by atoms with Crippen LogP contribution in [-0.2, 0) is 9.47 Å². The smallest absolute Gasteiger partial charge is 0.0698 e. The predicted molar refractivity (Wildman–Crippen MR) is 62.4 cm³/mol. The molecule has 3 N–H and O–H groups in total. The Bertz CT molecular complexity index is 161. The van der Waals surface area contributed by atoms with Crippen molar-refractivity contribution in [3.05, 3.63) is 0 Å². The molecule has 0 aromatic carbocycles. The van der Waals surface area contributed by atoms with Crippen LogP contribution in [0.3, 0.4) is 0 Å². The lowest BCUT2D eigenvalue weighted by Gasteiger charge is -2.31. The zero-order valence-electron chi connectivity index (χ0n) is 9.94. The van der Waals surface area contributed by atoms with E-state index in [1.54, 1.807) is 0 Å². The Morgan fingerprint density at radius 2 is 1.94 bits per heavy atom. The minimum atomic E-state index is 0.106. The second-order valence-corrected chi connectivity index (χ2v) is 4.04. The van der Waals surface area contributed by atoms with Gasteiger partial charge in [0.2, 0.25) is 0 Å². The number of hydrogen-bond donors (Lipinski definition) is 2. The van der Waals surface area contributed by atoms with Gasteiger partial charge in [-0.3, -0.25) is 0 Å². The molecule has 0 aromatic rings. The molecular weight excluding hydrogens is 208 g/mol. The Morgan fingerprint density at radius 3 is 2.56 bits per heavy atom. The summed E-state index contributed by atoms with van der Waals surface area (Å²) in [5.74, 6) is 0. The van der Waals surface area contributed by atoms with Crippen molar-refractivity contribution in [1.82, 2.24) is 4.90 Å². The summed E-state index contributed by atoms with van der Waals surface area (Å²) in [5.41, 5.74) is 5.39. The first kappa shape index (κ1) is 13.9. The van der Waals surface area contributed by atoms with E-state index in [4.69, 9.17) is 20.3 Å². The van der Waals surface area contributed by atoms with Crippen molar-refractivity contribution < 1.29 is 14.6 Å². The summed E-state index contributed by atoms with van der Waals surface area (Å²) in [6.45, 7) is 5.61. The molecule has 0 bridgehead atoms. The zero-order chi connectivity index (χ0) is 11.6. The molecule has 1 heterocycles. The van der Waals surface area contributed by atoms with E-state index >= 15 is 0 Å². The molecule has 1 aliphatic rings. The highest BCUT2D eigenvalue weighted by molar-refractivity contribution is 4.72. The molecule has 0 spiro atoms. The number of hydrogen-bond acceptors (Lipinski definition) is 5. The average molecular weight is 232 g/mol. The number of nitrogens with zero attached hydrogens (tertiary/aromatic N) is 1. The number of piperidine rings is 1. The van der Waals surface area contributed by atoms with Crippen LogP contribution in [0.25, 0.3) is 0 Å². The molecule has 0 radical (unpaired) electrons. The number of aliphatic hydroxyl groups excluding tert-OH is 1. The van der Waals surface area contributed by atoms with Crippen molar-refractivity contribution in [2.24, 2.45) is 5.73 Å². The minimum absolute atomic E-state index is 0.106. The number of nitrogens with two attached hydrogens (primary N) is 1. The fourth-order valence-electron chi connectivity index (χ4n) is 1.89. The number of rotatable bonds is 8. The van der Waals surface area contributed by atoms with Gasteiger partial charge in [0.15, 0.2) is 0 Å². The zero-order valence-corrected chi connectivity index (χ0v) is 9.94. The van der Waals surface area contributed by atoms with Crippen LogP contribution < -0.4 is 5.73 Å². The van der Waals surface area contributed by atoms with E-state index in [9.17, 15) is 0 Å². The quantitative estimate of drug-likeness (QED) is 0.549. The van der Waals surface area contributed by atoms with Crippen molar-refractivity contribution in [1.29, 1.82) is 0 Å². The van der Waals surface area contributed by atoms with Gasteiger partial charge in [-0.1, -0.05) is 0 Å². The van der Waals surface area contributed by atoms with Crippen LogP contribution in [0.15, 0.2) is 0 Å². The second kappa shape index (κ2) is 8.90. The third-order valence-electron chi connectivity index (χ3n) is 2.79. The molecule has 5 nitrogen and oxygen atoms in total. The van der Waals surface area contributed by atoms with Gasteiger partial charge in [0, 0.05) is 26.2 Å². The van der Waals surface area contributed by atoms with Crippen molar-refractivity contribution in [2.45, 2.75) is 18.9 Å². The monoisotopic (exact) mass is 232 g/mol. The molecule has 0 unspecified atom stereocenters. The Kier molecular flexibility index (Phi) is 7.71. The van der Waals surface area contributed by atoms with Gasteiger partial charge in [0.25, 0.3) is 0 Å². The topological polar surface area (TPSA) is 68.0 Å². The molecule has 0 aliphatic carbocycles. The van der Waals surface area contributed by atoms with Gasteiger partial charge in [-0.15, -0.1) is 0 Å². The van der Waals surface area contributed by atoms with Crippen LogP contribution in [0.5, 0.6) is 0 Å². The third kappa shape index (κ3) is 5.77. The Morgan fingerprint density at radius 1 is 1.19 bits per heavy atom. The molecule has 0 atom stereocenters. The van der Waals surface area contributed by atoms with E-state index in [-0.39, 0.29) is 6.61 Å². The molecule has 96 valence electrons. The summed E-state index contributed by atoms with van der Waals surface area (Å²) in [6, 6.07) is 0. The molecule has 0 amide bonds. The average Bonchev–Trinajstić information content (AvgIpc) is 2.33. The van der Waals surface area contributed by atoms with Crippen LogP contribution in [0, 0.1) is 0 Å². The first-order valence-corrected chi connectivity index (χ1v) is 6.09. The highest BCUT2D eigenvalue weighted by atomic mass is 16.5. The van der Waals surface area contributed by atoms with E-state index in [0.717, 1.165) is 32.5 Å². The lowest BCUT2D eigenvalue weighted by Crippen LogP contribution is -2.39. The molecule has 1 aliphatic heterocycles.